The predicted octanol–water partition coefficient (Wildman–Crippen LogP) is 0.512. The van der Waals surface area contributed by atoms with Crippen molar-refractivity contribution in [1.82, 2.24) is 4.90 Å². The lowest BCUT2D eigenvalue weighted by Crippen LogP contribution is -2.44. The normalized spacial score (nSPS) is 17.6. The summed E-state index contributed by atoms with van der Waals surface area (Å²) >= 11 is 0. The Labute approximate surface area is 97.1 Å². The molecule has 0 aromatic rings. The summed E-state index contributed by atoms with van der Waals surface area (Å²) in [6.07, 6.45) is 5.47. The fourth-order valence-electron chi connectivity index (χ4n) is 2.16. The van der Waals surface area contributed by atoms with E-state index in [1.54, 1.807) is 11.0 Å². The number of hydrogen-bond donors (Lipinski definition) is 2. The van der Waals surface area contributed by atoms with E-state index in [2.05, 4.69) is 6.58 Å². The second-order valence-electron chi connectivity index (χ2n) is 4.59. The van der Waals surface area contributed by atoms with Crippen LogP contribution in [0.5, 0.6) is 0 Å². The van der Waals surface area contributed by atoms with E-state index in [4.69, 9.17) is 10.8 Å². The molecule has 0 saturated heterocycles. The Morgan fingerprint density at radius 3 is 2.62 bits per heavy atom. The monoisotopic (exact) mass is 226 g/mol. The molecule has 16 heavy (non-hydrogen) atoms. The van der Waals surface area contributed by atoms with Crippen molar-refractivity contribution < 1.29 is 9.90 Å². The highest BCUT2D eigenvalue weighted by Crippen LogP contribution is 2.43. The maximum absolute atomic E-state index is 12.0. The molecule has 0 unspecified atom stereocenters. The SMILES string of the molecule is C=CCN(CCO)C(=O)CC1(CN)CCC1. The molecule has 1 aliphatic carbocycles. The number of nitrogens with two attached hydrogens (primary N) is 1. The molecule has 0 aromatic heterocycles. The number of carbonyl (C=O) groups excluding carboxylic acids is 1. The van der Waals surface area contributed by atoms with Crippen molar-refractivity contribution >= 4 is 5.91 Å². The number of aliphatic hydroxyl groups excluding tert-OH is 1. The minimum absolute atomic E-state index is 0.00476. The standard InChI is InChI=1S/C12H22N2O2/c1-2-6-14(7-8-15)11(16)9-12(10-13)4-3-5-12/h2,15H,1,3-10,13H2. The molecule has 0 aromatic carbocycles. The highest BCUT2D eigenvalue weighted by Gasteiger charge is 2.38. The van der Waals surface area contributed by atoms with E-state index in [1.165, 1.54) is 6.42 Å². The van der Waals surface area contributed by atoms with Crippen LogP contribution in [0, 0.1) is 5.41 Å². The Morgan fingerprint density at radius 2 is 2.25 bits per heavy atom. The lowest BCUT2D eigenvalue weighted by atomic mass is 9.66. The summed E-state index contributed by atoms with van der Waals surface area (Å²) in [7, 11) is 0. The largest absolute Gasteiger partial charge is 0.395 e. The second kappa shape index (κ2) is 6.01. The van der Waals surface area contributed by atoms with Crippen LogP contribution in [-0.4, -0.2) is 42.2 Å². The van der Waals surface area contributed by atoms with E-state index in [1.807, 2.05) is 0 Å². The van der Waals surface area contributed by atoms with Crippen LogP contribution in [0.25, 0.3) is 0 Å². The van der Waals surface area contributed by atoms with Crippen LogP contribution in [0.3, 0.4) is 0 Å². The second-order valence-corrected chi connectivity index (χ2v) is 4.59. The Kier molecular flexibility index (Phi) is 4.96. The van der Waals surface area contributed by atoms with Crippen molar-refractivity contribution in [1.29, 1.82) is 0 Å². The van der Waals surface area contributed by atoms with E-state index in [0.29, 0.717) is 26.1 Å². The molecule has 92 valence electrons. The lowest BCUT2D eigenvalue weighted by Gasteiger charge is -2.41. The number of carbonyl (C=O) groups is 1. The number of amides is 1. The molecule has 1 fully saturated rings. The fraction of sp³-hybridized carbons (Fsp3) is 0.750. The van der Waals surface area contributed by atoms with Crippen molar-refractivity contribution in [3.05, 3.63) is 12.7 Å². The van der Waals surface area contributed by atoms with Crippen LogP contribution < -0.4 is 5.73 Å². The summed E-state index contributed by atoms with van der Waals surface area (Å²) in [5, 5.41) is 8.89. The zero-order valence-electron chi connectivity index (χ0n) is 9.82. The maximum atomic E-state index is 12.0. The molecule has 0 atom stereocenters. The first-order valence-corrected chi connectivity index (χ1v) is 5.87. The summed E-state index contributed by atoms with van der Waals surface area (Å²) in [4.78, 5) is 13.6. The average Bonchev–Trinajstić information content (AvgIpc) is 2.23. The van der Waals surface area contributed by atoms with Gasteiger partial charge in [0, 0.05) is 19.5 Å². The highest BCUT2D eigenvalue weighted by atomic mass is 16.3. The number of aliphatic hydroxyl groups is 1. The van der Waals surface area contributed by atoms with Gasteiger partial charge in [0.25, 0.3) is 0 Å². The van der Waals surface area contributed by atoms with Gasteiger partial charge in [0.15, 0.2) is 0 Å². The van der Waals surface area contributed by atoms with Gasteiger partial charge in [0.2, 0.25) is 5.91 Å². The van der Waals surface area contributed by atoms with Crippen molar-refractivity contribution in [3.8, 4) is 0 Å². The highest BCUT2D eigenvalue weighted by molar-refractivity contribution is 5.77. The van der Waals surface area contributed by atoms with Crippen LogP contribution in [0.4, 0.5) is 0 Å². The van der Waals surface area contributed by atoms with Gasteiger partial charge in [0.05, 0.1) is 6.61 Å². The first-order chi connectivity index (χ1) is 7.67. The Balaban J connectivity index is 2.50. The van der Waals surface area contributed by atoms with Crippen LogP contribution in [-0.2, 0) is 4.79 Å². The molecule has 3 N–H and O–H groups in total. The minimum Gasteiger partial charge on any atom is -0.395 e. The summed E-state index contributed by atoms with van der Waals surface area (Å²) < 4.78 is 0. The number of rotatable bonds is 7. The number of nitrogens with zero attached hydrogens (tertiary/aromatic N) is 1. The quantitative estimate of drug-likeness (QED) is 0.622. The third-order valence-electron chi connectivity index (χ3n) is 3.45. The smallest absolute Gasteiger partial charge is 0.223 e. The average molecular weight is 226 g/mol. The molecule has 1 saturated carbocycles. The molecule has 4 nitrogen and oxygen atoms in total. The molecular weight excluding hydrogens is 204 g/mol. The van der Waals surface area contributed by atoms with Gasteiger partial charge in [-0.05, 0) is 24.8 Å². The summed E-state index contributed by atoms with van der Waals surface area (Å²) in [6, 6.07) is 0. The molecular formula is C12H22N2O2. The molecule has 1 amide bonds. The molecule has 4 heteroatoms. The molecule has 0 heterocycles. The van der Waals surface area contributed by atoms with Crippen molar-refractivity contribution in [3.63, 3.8) is 0 Å². The van der Waals surface area contributed by atoms with Gasteiger partial charge in [-0.1, -0.05) is 12.5 Å². The zero-order valence-corrected chi connectivity index (χ0v) is 9.82. The number of hydrogen-bond acceptors (Lipinski definition) is 3. The molecule has 1 rings (SSSR count). The first kappa shape index (κ1) is 13.2. The molecule has 1 aliphatic rings. The Bertz CT molecular complexity index is 244. The summed E-state index contributed by atoms with van der Waals surface area (Å²) in [5.74, 6) is 0.0825. The van der Waals surface area contributed by atoms with Gasteiger partial charge in [-0.25, -0.2) is 0 Å². The van der Waals surface area contributed by atoms with Crippen LogP contribution in [0.2, 0.25) is 0 Å². The van der Waals surface area contributed by atoms with Gasteiger partial charge in [-0.2, -0.15) is 0 Å². The molecule has 0 spiro atoms. The Hall–Kier alpha value is -0.870. The van der Waals surface area contributed by atoms with Gasteiger partial charge < -0.3 is 15.7 Å². The third-order valence-corrected chi connectivity index (χ3v) is 3.45. The van der Waals surface area contributed by atoms with E-state index in [-0.39, 0.29) is 17.9 Å². The fourth-order valence-corrected chi connectivity index (χ4v) is 2.16. The van der Waals surface area contributed by atoms with Gasteiger partial charge >= 0.3 is 0 Å². The maximum Gasteiger partial charge on any atom is 0.223 e. The molecule has 0 bridgehead atoms. The zero-order chi connectivity index (χ0) is 12.0. The Morgan fingerprint density at radius 1 is 1.56 bits per heavy atom. The minimum atomic E-state index is -0.00476. The lowest BCUT2D eigenvalue weighted by molar-refractivity contribution is -0.135. The van der Waals surface area contributed by atoms with Gasteiger partial charge in [-0.15, -0.1) is 6.58 Å². The molecule has 0 radical (unpaired) electrons. The predicted molar refractivity (Wildman–Crippen MR) is 63.8 cm³/mol. The van der Waals surface area contributed by atoms with Crippen LogP contribution >= 0.6 is 0 Å². The van der Waals surface area contributed by atoms with Crippen LogP contribution in [0.1, 0.15) is 25.7 Å². The van der Waals surface area contributed by atoms with Crippen molar-refractivity contribution in [2.75, 3.05) is 26.2 Å². The summed E-state index contributed by atoms with van der Waals surface area (Å²) in [6.45, 7) is 5.07. The van der Waals surface area contributed by atoms with E-state index in [9.17, 15) is 4.79 Å². The topological polar surface area (TPSA) is 66.6 Å². The van der Waals surface area contributed by atoms with Crippen molar-refractivity contribution in [2.45, 2.75) is 25.7 Å². The van der Waals surface area contributed by atoms with Crippen LogP contribution in [0.15, 0.2) is 12.7 Å². The van der Waals surface area contributed by atoms with Gasteiger partial charge in [-0.3, -0.25) is 4.79 Å². The van der Waals surface area contributed by atoms with E-state index in [0.717, 1.165) is 12.8 Å². The molecule has 0 aliphatic heterocycles. The van der Waals surface area contributed by atoms with E-state index >= 15 is 0 Å². The summed E-state index contributed by atoms with van der Waals surface area (Å²) in [5.41, 5.74) is 5.76. The van der Waals surface area contributed by atoms with Gasteiger partial charge in [0.1, 0.15) is 0 Å². The third kappa shape index (κ3) is 3.06. The van der Waals surface area contributed by atoms with E-state index < -0.39 is 0 Å². The van der Waals surface area contributed by atoms with Crippen molar-refractivity contribution in [2.24, 2.45) is 11.1 Å². The first-order valence-electron chi connectivity index (χ1n) is 5.87.